The second kappa shape index (κ2) is 7.19. The Kier molecular flexibility index (Phi) is 5.78. The number of hydrogen-bond donors (Lipinski definition) is 1. The quantitative estimate of drug-likeness (QED) is 0.916. The van der Waals surface area contributed by atoms with Crippen molar-refractivity contribution in [3.63, 3.8) is 0 Å². The van der Waals surface area contributed by atoms with E-state index in [0.29, 0.717) is 12.0 Å². The van der Waals surface area contributed by atoms with Crippen LogP contribution in [0.3, 0.4) is 0 Å². The maximum absolute atomic E-state index is 6.26. The Morgan fingerprint density at radius 3 is 2.95 bits per heavy atom. The lowest BCUT2D eigenvalue weighted by atomic mass is 9.86. The van der Waals surface area contributed by atoms with Crippen molar-refractivity contribution in [3.8, 4) is 5.75 Å². The molecule has 2 saturated heterocycles. The second-order valence-electron chi connectivity index (χ2n) is 6.05. The molecule has 0 amide bonds. The lowest BCUT2D eigenvalue weighted by Gasteiger charge is -2.23. The molecule has 2 fully saturated rings. The number of halogens is 2. The van der Waals surface area contributed by atoms with Crippen LogP contribution in [0.15, 0.2) is 18.2 Å². The molecule has 3 nitrogen and oxygen atoms in total. The van der Waals surface area contributed by atoms with Crippen molar-refractivity contribution in [2.45, 2.75) is 26.3 Å². The Morgan fingerprint density at radius 2 is 2.24 bits per heavy atom. The standard InChI is InChI=1S/C16H23ClN2O.ClH/c1-2-20-15-13(4-3-5-14(15)17)10-19-9-7-16(12-19)6-8-18-11-16;/h3-5,18H,2,6-12H2,1H3;1H. The molecule has 0 saturated carbocycles. The fourth-order valence-electron chi connectivity index (χ4n) is 3.53. The minimum atomic E-state index is 0. The summed E-state index contributed by atoms with van der Waals surface area (Å²) in [5.74, 6) is 0.863. The highest BCUT2D eigenvalue weighted by atomic mass is 35.5. The van der Waals surface area contributed by atoms with Gasteiger partial charge in [0, 0.05) is 25.2 Å². The molecule has 0 radical (unpaired) electrons. The topological polar surface area (TPSA) is 24.5 Å². The van der Waals surface area contributed by atoms with Gasteiger partial charge < -0.3 is 10.1 Å². The lowest BCUT2D eigenvalue weighted by Crippen LogP contribution is -2.29. The molecule has 2 aliphatic rings. The molecule has 0 bridgehead atoms. The van der Waals surface area contributed by atoms with Gasteiger partial charge in [0.2, 0.25) is 0 Å². The van der Waals surface area contributed by atoms with E-state index in [9.17, 15) is 0 Å². The molecule has 2 aliphatic heterocycles. The zero-order valence-electron chi connectivity index (χ0n) is 12.5. The molecule has 0 aromatic heterocycles. The fourth-order valence-corrected chi connectivity index (χ4v) is 3.78. The molecule has 21 heavy (non-hydrogen) atoms. The minimum absolute atomic E-state index is 0. The molecular weight excluding hydrogens is 307 g/mol. The lowest BCUT2D eigenvalue weighted by molar-refractivity contribution is 0.262. The van der Waals surface area contributed by atoms with Crippen LogP contribution in [0.2, 0.25) is 5.02 Å². The number of para-hydroxylation sites is 1. The second-order valence-corrected chi connectivity index (χ2v) is 6.46. The molecule has 1 aromatic rings. The molecule has 1 aromatic carbocycles. The predicted octanol–water partition coefficient (Wildman–Crippen LogP) is 3.35. The summed E-state index contributed by atoms with van der Waals surface area (Å²) < 4.78 is 5.72. The number of benzene rings is 1. The predicted molar refractivity (Wildman–Crippen MR) is 89.7 cm³/mol. The number of hydrogen-bond acceptors (Lipinski definition) is 3. The average Bonchev–Trinajstić information content (AvgIpc) is 3.05. The average molecular weight is 331 g/mol. The Balaban J connectivity index is 0.00000161. The van der Waals surface area contributed by atoms with Crippen LogP contribution in [0.4, 0.5) is 0 Å². The zero-order chi connectivity index (χ0) is 14.0. The van der Waals surface area contributed by atoms with Crippen LogP contribution < -0.4 is 10.1 Å². The van der Waals surface area contributed by atoms with Crippen LogP contribution in [-0.2, 0) is 6.54 Å². The first-order valence-corrected chi connectivity index (χ1v) is 7.93. The highest BCUT2D eigenvalue weighted by molar-refractivity contribution is 6.32. The Bertz CT molecular complexity index is 475. The van der Waals surface area contributed by atoms with Crippen molar-refractivity contribution in [1.29, 1.82) is 0 Å². The van der Waals surface area contributed by atoms with E-state index in [1.54, 1.807) is 0 Å². The molecule has 1 N–H and O–H groups in total. The maximum atomic E-state index is 6.26. The van der Waals surface area contributed by atoms with Crippen molar-refractivity contribution in [2.24, 2.45) is 5.41 Å². The smallest absolute Gasteiger partial charge is 0.142 e. The largest absolute Gasteiger partial charge is 0.492 e. The first-order valence-electron chi connectivity index (χ1n) is 7.56. The van der Waals surface area contributed by atoms with Crippen molar-refractivity contribution in [2.75, 3.05) is 32.8 Å². The first-order chi connectivity index (χ1) is 9.72. The van der Waals surface area contributed by atoms with E-state index in [2.05, 4.69) is 16.3 Å². The van der Waals surface area contributed by atoms with E-state index in [1.165, 1.54) is 44.6 Å². The van der Waals surface area contributed by atoms with Gasteiger partial charge in [-0.25, -0.2) is 0 Å². The van der Waals surface area contributed by atoms with Crippen molar-refractivity contribution < 1.29 is 4.74 Å². The van der Waals surface area contributed by atoms with E-state index in [1.807, 2.05) is 19.1 Å². The molecule has 5 heteroatoms. The molecular formula is C16H24Cl2N2O. The summed E-state index contributed by atoms with van der Waals surface area (Å²) in [5, 5.41) is 4.23. The van der Waals surface area contributed by atoms with Gasteiger partial charge in [-0.3, -0.25) is 4.90 Å². The Labute approximate surface area is 138 Å². The monoisotopic (exact) mass is 330 g/mol. The van der Waals surface area contributed by atoms with E-state index in [0.717, 1.165) is 17.3 Å². The summed E-state index contributed by atoms with van der Waals surface area (Å²) in [6.07, 6.45) is 2.63. The number of nitrogens with zero attached hydrogens (tertiary/aromatic N) is 1. The van der Waals surface area contributed by atoms with Crippen LogP contribution in [0.25, 0.3) is 0 Å². The van der Waals surface area contributed by atoms with E-state index >= 15 is 0 Å². The molecule has 2 heterocycles. The third-order valence-corrected chi connectivity index (χ3v) is 4.88. The summed E-state index contributed by atoms with van der Waals surface area (Å²) >= 11 is 6.26. The molecule has 1 atom stereocenters. The summed E-state index contributed by atoms with van der Waals surface area (Å²) in [4.78, 5) is 2.54. The summed E-state index contributed by atoms with van der Waals surface area (Å²) in [5.41, 5.74) is 1.73. The molecule has 1 unspecified atom stereocenters. The summed E-state index contributed by atoms with van der Waals surface area (Å²) in [7, 11) is 0. The van der Waals surface area contributed by atoms with Gasteiger partial charge in [-0.2, -0.15) is 0 Å². The van der Waals surface area contributed by atoms with Gasteiger partial charge in [0.05, 0.1) is 11.6 Å². The van der Waals surface area contributed by atoms with E-state index in [4.69, 9.17) is 16.3 Å². The number of ether oxygens (including phenoxy) is 1. The number of rotatable bonds is 4. The molecule has 0 aliphatic carbocycles. The Morgan fingerprint density at radius 1 is 1.38 bits per heavy atom. The summed E-state index contributed by atoms with van der Waals surface area (Å²) in [6.45, 7) is 8.33. The van der Waals surface area contributed by atoms with Crippen molar-refractivity contribution in [1.82, 2.24) is 10.2 Å². The number of nitrogens with one attached hydrogen (secondary N) is 1. The van der Waals surface area contributed by atoms with Gasteiger partial charge in [-0.15, -0.1) is 12.4 Å². The maximum Gasteiger partial charge on any atom is 0.142 e. The molecule has 3 rings (SSSR count). The first kappa shape index (κ1) is 16.9. The SMILES string of the molecule is CCOc1c(Cl)cccc1CN1CCC2(CCNC2)C1.Cl. The zero-order valence-corrected chi connectivity index (χ0v) is 14.1. The number of likely N-dealkylation sites (tertiary alicyclic amines) is 1. The molecule has 1 spiro atoms. The van der Waals surface area contributed by atoms with Crippen molar-refractivity contribution >= 4 is 24.0 Å². The summed E-state index contributed by atoms with van der Waals surface area (Å²) in [6, 6.07) is 6.06. The van der Waals surface area contributed by atoms with Crippen molar-refractivity contribution in [3.05, 3.63) is 28.8 Å². The van der Waals surface area contributed by atoms with Gasteiger partial charge in [0.1, 0.15) is 5.75 Å². The van der Waals surface area contributed by atoms with Crippen LogP contribution >= 0.6 is 24.0 Å². The van der Waals surface area contributed by atoms with Gasteiger partial charge >= 0.3 is 0 Å². The molecule has 118 valence electrons. The van der Waals surface area contributed by atoms with Gasteiger partial charge in [-0.05, 0) is 44.3 Å². The van der Waals surface area contributed by atoms with Crippen LogP contribution in [-0.4, -0.2) is 37.7 Å². The highest BCUT2D eigenvalue weighted by Gasteiger charge is 2.40. The third-order valence-electron chi connectivity index (χ3n) is 4.58. The van der Waals surface area contributed by atoms with Gasteiger partial charge in [0.15, 0.2) is 0 Å². The van der Waals surface area contributed by atoms with Crippen LogP contribution in [0, 0.1) is 5.41 Å². The van der Waals surface area contributed by atoms with Gasteiger partial charge in [-0.1, -0.05) is 23.7 Å². The highest BCUT2D eigenvalue weighted by Crippen LogP contribution is 2.38. The third kappa shape index (κ3) is 3.65. The Hall–Kier alpha value is -0.480. The van der Waals surface area contributed by atoms with E-state index in [-0.39, 0.29) is 12.4 Å². The van der Waals surface area contributed by atoms with E-state index < -0.39 is 0 Å². The van der Waals surface area contributed by atoms with Crippen LogP contribution in [0.5, 0.6) is 5.75 Å². The van der Waals surface area contributed by atoms with Crippen LogP contribution in [0.1, 0.15) is 25.3 Å². The minimum Gasteiger partial charge on any atom is -0.492 e. The van der Waals surface area contributed by atoms with Gasteiger partial charge in [0.25, 0.3) is 0 Å². The normalized spacial score (nSPS) is 25.2. The fraction of sp³-hybridized carbons (Fsp3) is 0.625.